The summed E-state index contributed by atoms with van der Waals surface area (Å²) in [4.78, 5) is 20.4. The SMILES string of the molecule is CCc1ccc(OC)c(-c2ncc(CN3CCN(c4nccc(F)n4)CC3)[nH]2)c1.Cl.Cl. The molecule has 31 heavy (non-hydrogen) atoms. The summed E-state index contributed by atoms with van der Waals surface area (Å²) in [7, 11) is 1.68. The van der Waals surface area contributed by atoms with E-state index in [4.69, 9.17) is 4.74 Å². The predicted octanol–water partition coefficient (Wildman–Crippen LogP) is 3.74. The van der Waals surface area contributed by atoms with Crippen LogP contribution >= 0.6 is 24.8 Å². The summed E-state index contributed by atoms with van der Waals surface area (Å²) in [6.07, 6.45) is 4.30. The molecule has 4 rings (SSSR count). The van der Waals surface area contributed by atoms with E-state index >= 15 is 0 Å². The second kappa shape index (κ2) is 11.3. The van der Waals surface area contributed by atoms with Crippen LogP contribution in [0, 0.1) is 5.95 Å². The van der Waals surface area contributed by atoms with Gasteiger partial charge in [-0.25, -0.2) is 9.97 Å². The number of H-pyrrole nitrogens is 1. The van der Waals surface area contributed by atoms with Crippen LogP contribution in [-0.4, -0.2) is 58.1 Å². The maximum absolute atomic E-state index is 13.3. The Hall–Kier alpha value is -2.42. The van der Waals surface area contributed by atoms with Crippen molar-refractivity contribution >= 4 is 30.8 Å². The molecule has 0 unspecified atom stereocenters. The molecule has 3 aromatic rings. The Bertz CT molecular complexity index is 978. The number of aromatic nitrogens is 4. The Morgan fingerprint density at radius 1 is 1.10 bits per heavy atom. The predicted molar refractivity (Wildman–Crippen MR) is 124 cm³/mol. The van der Waals surface area contributed by atoms with Gasteiger partial charge in [-0.05, 0) is 24.1 Å². The van der Waals surface area contributed by atoms with Crippen LogP contribution in [0.4, 0.5) is 10.3 Å². The van der Waals surface area contributed by atoms with Gasteiger partial charge in [-0.2, -0.15) is 9.37 Å². The van der Waals surface area contributed by atoms with Crippen LogP contribution in [0.25, 0.3) is 11.4 Å². The molecule has 3 heterocycles. The minimum absolute atomic E-state index is 0. The van der Waals surface area contributed by atoms with Crippen LogP contribution in [0.15, 0.2) is 36.7 Å². The fourth-order valence-corrected chi connectivity index (χ4v) is 3.56. The van der Waals surface area contributed by atoms with E-state index in [9.17, 15) is 4.39 Å². The lowest BCUT2D eigenvalue weighted by atomic mass is 10.1. The van der Waals surface area contributed by atoms with E-state index < -0.39 is 5.95 Å². The largest absolute Gasteiger partial charge is 0.496 e. The summed E-state index contributed by atoms with van der Waals surface area (Å²) >= 11 is 0. The van der Waals surface area contributed by atoms with Crippen molar-refractivity contribution in [3.05, 3.63) is 53.9 Å². The first kappa shape index (κ1) is 24.8. The number of methoxy groups -OCH3 is 1. The average molecular weight is 469 g/mol. The van der Waals surface area contributed by atoms with Crippen molar-refractivity contribution in [1.82, 2.24) is 24.8 Å². The molecule has 2 aromatic heterocycles. The van der Waals surface area contributed by atoms with Gasteiger partial charge in [0.2, 0.25) is 11.9 Å². The molecule has 0 atom stereocenters. The topological polar surface area (TPSA) is 70.2 Å². The van der Waals surface area contributed by atoms with Crippen molar-refractivity contribution in [3.63, 3.8) is 0 Å². The minimum atomic E-state index is -0.495. The van der Waals surface area contributed by atoms with E-state index in [0.717, 1.165) is 62.0 Å². The number of benzene rings is 1. The average Bonchev–Trinajstić information content (AvgIpc) is 3.22. The fraction of sp³-hybridized carbons (Fsp3) is 0.381. The third kappa shape index (κ3) is 5.84. The summed E-state index contributed by atoms with van der Waals surface area (Å²) < 4.78 is 18.8. The molecule has 0 bridgehead atoms. The first-order valence-electron chi connectivity index (χ1n) is 9.83. The van der Waals surface area contributed by atoms with E-state index in [1.807, 2.05) is 17.2 Å². The molecule has 0 radical (unpaired) electrons. The Morgan fingerprint density at radius 2 is 1.87 bits per heavy atom. The van der Waals surface area contributed by atoms with E-state index in [1.165, 1.54) is 17.8 Å². The molecule has 1 aromatic carbocycles. The highest BCUT2D eigenvalue weighted by Crippen LogP contribution is 2.29. The summed E-state index contributed by atoms with van der Waals surface area (Å²) in [6.45, 7) is 6.13. The lowest BCUT2D eigenvalue weighted by molar-refractivity contribution is 0.246. The summed E-state index contributed by atoms with van der Waals surface area (Å²) in [5.74, 6) is 1.59. The number of ether oxygens (including phenoxy) is 1. The van der Waals surface area contributed by atoms with E-state index in [1.54, 1.807) is 7.11 Å². The third-order valence-corrected chi connectivity index (χ3v) is 5.21. The molecule has 0 aliphatic carbocycles. The second-order valence-electron chi connectivity index (χ2n) is 7.09. The molecule has 1 fully saturated rings. The van der Waals surface area contributed by atoms with Gasteiger partial charge in [0.1, 0.15) is 11.6 Å². The standard InChI is InChI=1S/C21H25FN6O.2ClH/c1-3-15-4-5-18(29-2)17(12-15)20-24-13-16(25-20)14-27-8-10-28(11-9-27)21-23-7-6-19(22)26-21;;/h4-7,12-13H,3,8-11,14H2,1-2H3,(H,24,25);2*1H. The number of anilines is 1. The Labute approximate surface area is 193 Å². The van der Waals surface area contributed by atoms with Crippen molar-refractivity contribution in [2.45, 2.75) is 19.9 Å². The molecule has 1 aliphatic heterocycles. The van der Waals surface area contributed by atoms with Crippen molar-refractivity contribution in [1.29, 1.82) is 0 Å². The first-order valence-corrected chi connectivity index (χ1v) is 9.83. The Kier molecular flexibility index (Phi) is 9.03. The molecular formula is C21H27Cl2FN6O. The molecule has 0 spiro atoms. The lowest BCUT2D eigenvalue weighted by Crippen LogP contribution is -2.46. The molecular weight excluding hydrogens is 442 g/mol. The van der Waals surface area contributed by atoms with E-state index in [0.29, 0.717) is 5.95 Å². The molecule has 0 saturated carbocycles. The van der Waals surface area contributed by atoms with Crippen LogP contribution < -0.4 is 9.64 Å². The number of hydrogen-bond donors (Lipinski definition) is 1. The van der Waals surface area contributed by atoms with Crippen LogP contribution in [0.1, 0.15) is 18.2 Å². The van der Waals surface area contributed by atoms with Crippen molar-refractivity contribution in [2.24, 2.45) is 0 Å². The Balaban J connectivity index is 0.00000171. The monoisotopic (exact) mass is 468 g/mol. The van der Waals surface area contributed by atoms with Crippen LogP contribution in [0.3, 0.4) is 0 Å². The third-order valence-electron chi connectivity index (χ3n) is 5.21. The number of hydrogen-bond acceptors (Lipinski definition) is 6. The minimum Gasteiger partial charge on any atom is -0.496 e. The number of rotatable bonds is 6. The van der Waals surface area contributed by atoms with Gasteiger partial charge in [-0.3, -0.25) is 4.90 Å². The van der Waals surface area contributed by atoms with Gasteiger partial charge in [0.25, 0.3) is 0 Å². The molecule has 7 nitrogen and oxygen atoms in total. The summed E-state index contributed by atoms with van der Waals surface area (Å²) in [5.41, 5.74) is 3.28. The highest BCUT2D eigenvalue weighted by atomic mass is 35.5. The molecule has 1 saturated heterocycles. The molecule has 1 aliphatic rings. The van der Waals surface area contributed by atoms with Gasteiger partial charge < -0.3 is 14.6 Å². The maximum atomic E-state index is 13.3. The smallest absolute Gasteiger partial charge is 0.228 e. The molecule has 0 amide bonds. The summed E-state index contributed by atoms with van der Waals surface area (Å²) in [5, 5.41) is 0. The molecule has 1 N–H and O–H groups in total. The van der Waals surface area contributed by atoms with E-state index in [2.05, 4.69) is 43.9 Å². The zero-order chi connectivity index (χ0) is 20.2. The highest BCUT2D eigenvalue weighted by molar-refractivity contribution is 5.85. The van der Waals surface area contributed by atoms with Gasteiger partial charge in [-0.1, -0.05) is 13.0 Å². The van der Waals surface area contributed by atoms with Crippen molar-refractivity contribution in [2.75, 3.05) is 38.2 Å². The summed E-state index contributed by atoms with van der Waals surface area (Å²) in [6, 6.07) is 7.46. The number of aryl methyl sites for hydroxylation is 1. The van der Waals surface area contributed by atoms with Crippen molar-refractivity contribution in [3.8, 4) is 17.1 Å². The number of aromatic amines is 1. The maximum Gasteiger partial charge on any atom is 0.228 e. The van der Waals surface area contributed by atoms with Crippen LogP contribution in [0.2, 0.25) is 0 Å². The van der Waals surface area contributed by atoms with Gasteiger partial charge in [0.05, 0.1) is 12.7 Å². The molecule has 10 heteroatoms. The van der Waals surface area contributed by atoms with Gasteiger partial charge >= 0.3 is 0 Å². The number of nitrogens with one attached hydrogen (secondary N) is 1. The zero-order valence-corrected chi connectivity index (χ0v) is 19.2. The first-order chi connectivity index (χ1) is 14.2. The quantitative estimate of drug-likeness (QED) is 0.555. The van der Waals surface area contributed by atoms with Gasteiger partial charge in [0.15, 0.2) is 0 Å². The number of imidazole rings is 1. The van der Waals surface area contributed by atoms with Gasteiger partial charge in [0, 0.05) is 56.9 Å². The number of nitrogens with zero attached hydrogens (tertiary/aromatic N) is 5. The normalized spacial score (nSPS) is 14.0. The van der Waals surface area contributed by atoms with Crippen LogP contribution in [0.5, 0.6) is 5.75 Å². The highest BCUT2D eigenvalue weighted by Gasteiger charge is 2.20. The number of halogens is 3. The Morgan fingerprint density at radius 3 is 2.55 bits per heavy atom. The van der Waals surface area contributed by atoms with Gasteiger partial charge in [-0.15, -0.1) is 24.8 Å². The van der Waals surface area contributed by atoms with E-state index in [-0.39, 0.29) is 24.8 Å². The number of piperazine rings is 1. The van der Waals surface area contributed by atoms with Crippen LogP contribution in [-0.2, 0) is 13.0 Å². The zero-order valence-electron chi connectivity index (χ0n) is 17.5. The second-order valence-corrected chi connectivity index (χ2v) is 7.09. The molecule has 168 valence electrons. The fourth-order valence-electron chi connectivity index (χ4n) is 3.56. The van der Waals surface area contributed by atoms with Crippen molar-refractivity contribution < 1.29 is 9.13 Å². The lowest BCUT2D eigenvalue weighted by Gasteiger charge is -2.34.